The third kappa shape index (κ3) is 3.73. The molecule has 0 spiro atoms. The molecule has 0 bridgehead atoms. The first-order valence-electron chi connectivity index (χ1n) is 8.00. The zero-order chi connectivity index (χ0) is 18.9. The fourth-order valence-electron chi connectivity index (χ4n) is 2.86. The molecular formula is C17H18F3N3O3. The number of morpholine rings is 1. The van der Waals surface area contributed by atoms with E-state index in [1.807, 2.05) is 7.05 Å². The van der Waals surface area contributed by atoms with Crippen molar-refractivity contribution in [1.82, 2.24) is 14.5 Å². The van der Waals surface area contributed by atoms with Crippen LogP contribution in [0.2, 0.25) is 0 Å². The first-order chi connectivity index (χ1) is 12.3. The number of phenolic OH excluding ortho intramolecular Hbond substituents is 1. The summed E-state index contributed by atoms with van der Waals surface area (Å²) < 4.78 is 45.0. The topological polar surface area (TPSA) is 67.6 Å². The molecule has 1 aliphatic rings. The Kier molecular flexibility index (Phi) is 5.01. The number of likely N-dealkylation sites (N-methyl/N-ethyl adjacent to an activating group) is 1. The van der Waals surface area contributed by atoms with Gasteiger partial charge in [0, 0.05) is 24.8 Å². The summed E-state index contributed by atoms with van der Waals surface area (Å²) in [5, 5.41) is 9.98. The van der Waals surface area contributed by atoms with Crippen LogP contribution in [-0.4, -0.2) is 52.4 Å². The number of hydrogen-bond donors (Lipinski definition) is 1. The molecule has 0 radical (unpaired) electrons. The van der Waals surface area contributed by atoms with Crippen LogP contribution in [0.1, 0.15) is 5.56 Å². The van der Waals surface area contributed by atoms with Crippen LogP contribution in [0.4, 0.5) is 13.2 Å². The predicted octanol–water partition coefficient (Wildman–Crippen LogP) is 1.97. The van der Waals surface area contributed by atoms with E-state index < -0.39 is 23.0 Å². The van der Waals surface area contributed by atoms with Crippen molar-refractivity contribution in [2.75, 3.05) is 26.8 Å². The molecule has 3 rings (SSSR count). The second-order valence-electron chi connectivity index (χ2n) is 6.20. The summed E-state index contributed by atoms with van der Waals surface area (Å²) in [6.07, 6.45) is -1.96. The first kappa shape index (κ1) is 18.4. The largest absolute Gasteiger partial charge is 0.507 e. The van der Waals surface area contributed by atoms with Crippen molar-refractivity contribution in [3.8, 4) is 16.9 Å². The normalized spacial score (nSPS) is 18.8. The molecule has 1 aromatic carbocycles. The van der Waals surface area contributed by atoms with Gasteiger partial charge in [-0.25, -0.2) is 4.98 Å². The highest BCUT2D eigenvalue weighted by Gasteiger charge is 2.31. The summed E-state index contributed by atoms with van der Waals surface area (Å²) in [5.74, 6) is -0.616. The molecule has 1 N–H and O–H groups in total. The lowest BCUT2D eigenvalue weighted by Gasteiger charge is -2.32. The van der Waals surface area contributed by atoms with Gasteiger partial charge >= 0.3 is 6.18 Å². The van der Waals surface area contributed by atoms with Crippen LogP contribution in [0.15, 0.2) is 35.5 Å². The minimum atomic E-state index is -4.57. The van der Waals surface area contributed by atoms with Gasteiger partial charge in [-0.3, -0.25) is 14.3 Å². The van der Waals surface area contributed by atoms with Crippen LogP contribution >= 0.6 is 0 Å². The van der Waals surface area contributed by atoms with E-state index in [0.717, 1.165) is 18.7 Å². The molecule has 1 aromatic heterocycles. The summed E-state index contributed by atoms with van der Waals surface area (Å²) in [4.78, 5) is 18.8. The van der Waals surface area contributed by atoms with E-state index in [1.54, 1.807) is 0 Å². The van der Waals surface area contributed by atoms with Crippen molar-refractivity contribution in [3.05, 3.63) is 46.6 Å². The van der Waals surface area contributed by atoms with Crippen molar-refractivity contribution < 1.29 is 23.0 Å². The molecule has 1 atom stereocenters. The highest BCUT2D eigenvalue weighted by atomic mass is 19.4. The smallest absolute Gasteiger partial charge is 0.416 e. The van der Waals surface area contributed by atoms with Gasteiger partial charge in [-0.15, -0.1) is 0 Å². The quantitative estimate of drug-likeness (QED) is 0.896. The van der Waals surface area contributed by atoms with Crippen molar-refractivity contribution in [2.45, 2.75) is 18.8 Å². The second-order valence-corrected chi connectivity index (χ2v) is 6.20. The molecule has 6 nitrogen and oxygen atoms in total. The van der Waals surface area contributed by atoms with Crippen molar-refractivity contribution in [1.29, 1.82) is 0 Å². The molecular weight excluding hydrogens is 351 g/mol. The highest BCUT2D eigenvalue weighted by Crippen LogP contribution is 2.35. The van der Waals surface area contributed by atoms with E-state index in [1.165, 1.54) is 17.1 Å². The number of hydrogen-bond acceptors (Lipinski definition) is 5. The van der Waals surface area contributed by atoms with E-state index in [2.05, 4.69) is 9.88 Å². The van der Waals surface area contributed by atoms with Crippen LogP contribution in [0, 0.1) is 0 Å². The fourth-order valence-corrected chi connectivity index (χ4v) is 2.86. The highest BCUT2D eigenvalue weighted by molar-refractivity contribution is 5.69. The van der Waals surface area contributed by atoms with Crippen LogP contribution in [0.5, 0.6) is 5.75 Å². The average Bonchev–Trinajstić information content (AvgIpc) is 2.58. The van der Waals surface area contributed by atoms with Crippen LogP contribution in [0.25, 0.3) is 11.1 Å². The molecule has 2 aromatic rings. The molecule has 1 saturated heterocycles. The number of alkyl halides is 3. The lowest BCUT2D eigenvalue weighted by Crippen LogP contribution is -2.46. The van der Waals surface area contributed by atoms with E-state index in [0.29, 0.717) is 25.8 Å². The van der Waals surface area contributed by atoms with Gasteiger partial charge in [-0.1, -0.05) is 0 Å². The number of nitrogens with zero attached hydrogens (tertiary/aromatic N) is 3. The zero-order valence-corrected chi connectivity index (χ0v) is 14.0. The van der Waals surface area contributed by atoms with Crippen LogP contribution in [-0.2, 0) is 17.5 Å². The molecule has 1 fully saturated rings. The Morgan fingerprint density at radius 2 is 2.12 bits per heavy atom. The lowest BCUT2D eigenvalue weighted by atomic mass is 10.0. The number of ether oxygens (including phenoxy) is 1. The van der Waals surface area contributed by atoms with E-state index in [-0.39, 0.29) is 17.2 Å². The number of phenols is 1. The lowest BCUT2D eigenvalue weighted by molar-refractivity contribution is -0.137. The Morgan fingerprint density at radius 1 is 1.35 bits per heavy atom. The monoisotopic (exact) mass is 369 g/mol. The Balaban J connectivity index is 1.93. The molecule has 0 saturated carbocycles. The maximum absolute atomic E-state index is 12.7. The minimum Gasteiger partial charge on any atom is -0.507 e. The van der Waals surface area contributed by atoms with E-state index in [4.69, 9.17) is 4.74 Å². The minimum absolute atomic E-state index is 0.0121. The van der Waals surface area contributed by atoms with Crippen molar-refractivity contribution in [3.63, 3.8) is 0 Å². The van der Waals surface area contributed by atoms with E-state index >= 15 is 0 Å². The fraction of sp³-hybridized carbons (Fsp3) is 0.412. The summed E-state index contributed by atoms with van der Waals surface area (Å²) in [7, 11) is 1.93. The Bertz CT molecular complexity index is 851. The maximum Gasteiger partial charge on any atom is 0.416 e. The van der Waals surface area contributed by atoms with Gasteiger partial charge in [0.25, 0.3) is 5.56 Å². The van der Waals surface area contributed by atoms with Gasteiger partial charge < -0.3 is 9.84 Å². The SMILES string of the molecule is CN1CCOCC1Cn1cncc(-c2ccc(C(F)(F)F)cc2O)c1=O. The molecule has 1 unspecified atom stereocenters. The van der Waals surface area contributed by atoms with Crippen LogP contribution in [0.3, 0.4) is 0 Å². The molecule has 140 valence electrons. The van der Waals surface area contributed by atoms with Crippen LogP contribution < -0.4 is 5.56 Å². The molecule has 2 heterocycles. The summed E-state index contributed by atoms with van der Waals surface area (Å²) in [6.45, 7) is 2.17. The maximum atomic E-state index is 12.7. The Morgan fingerprint density at radius 3 is 2.77 bits per heavy atom. The predicted molar refractivity (Wildman–Crippen MR) is 87.8 cm³/mol. The van der Waals surface area contributed by atoms with E-state index in [9.17, 15) is 23.1 Å². The summed E-state index contributed by atoms with van der Waals surface area (Å²) >= 11 is 0. The number of aromatic hydroxyl groups is 1. The van der Waals surface area contributed by atoms with Crippen molar-refractivity contribution in [2.24, 2.45) is 0 Å². The number of halogens is 3. The average molecular weight is 369 g/mol. The second kappa shape index (κ2) is 7.08. The van der Waals surface area contributed by atoms with Gasteiger partial charge in [0.15, 0.2) is 0 Å². The standard InChI is InChI=1S/C17H18F3N3O3/c1-22-4-5-26-9-12(22)8-23-10-21-7-14(16(23)25)13-3-2-11(6-15(13)24)17(18,19)20/h2-3,6-7,10,12,24H,4-5,8-9H2,1H3. The third-order valence-electron chi connectivity index (χ3n) is 4.45. The van der Waals surface area contributed by atoms with Gasteiger partial charge in [0.2, 0.25) is 0 Å². The number of rotatable bonds is 3. The summed E-state index contributed by atoms with van der Waals surface area (Å²) in [6, 6.07) is 2.50. The number of aromatic nitrogens is 2. The van der Waals surface area contributed by atoms with Gasteiger partial charge in [0.05, 0.1) is 36.7 Å². The van der Waals surface area contributed by atoms with Crippen molar-refractivity contribution >= 4 is 0 Å². The molecule has 9 heteroatoms. The van der Waals surface area contributed by atoms with Gasteiger partial charge in [0.1, 0.15) is 5.75 Å². The Hall–Kier alpha value is -2.39. The molecule has 0 amide bonds. The zero-order valence-electron chi connectivity index (χ0n) is 14.0. The summed E-state index contributed by atoms with van der Waals surface area (Å²) in [5.41, 5.74) is -1.37. The van der Waals surface area contributed by atoms with Gasteiger partial charge in [-0.2, -0.15) is 13.2 Å². The molecule has 1 aliphatic heterocycles. The molecule has 0 aliphatic carbocycles. The Labute approximate surface area is 147 Å². The first-order valence-corrected chi connectivity index (χ1v) is 8.00. The third-order valence-corrected chi connectivity index (χ3v) is 4.45. The molecule has 26 heavy (non-hydrogen) atoms. The van der Waals surface area contributed by atoms with Gasteiger partial charge in [-0.05, 0) is 25.2 Å². The number of benzene rings is 1.